The number of carbonyl (C=O) groups is 2. The smallest absolute Gasteiger partial charge is 0.253 e. The number of anilines is 2. The van der Waals surface area contributed by atoms with Crippen LogP contribution in [-0.4, -0.2) is 44.2 Å². The van der Waals surface area contributed by atoms with Crippen LogP contribution in [0.4, 0.5) is 11.4 Å². The van der Waals surface area contributed by atoms with Crippen molar-refractivity contribution in [3.63, 3.8) is 0 Å². The number of amides is 2. The molecule has 0 radical (unpaired) electrons. The fourth-order valence-corrected chi connectivity index (χ4v) is 3.82. The molecule has 2 saturated heterocycles. The summed E-state index contributed by atoms with van der Waals surface area (Å²) >= 11 is 0. The lowest BCUT2D eigenvalue weighted by atomic mass is 9.92. The molecular weight excluding hydrogens is 354 g/mol. The Morgan fingerprint density at radius 1 is 1.18 bits per heavy atom. The van der Waals surface area contributed by atoms with Gasteiger partial charge in [-0.15, -0.1) is 0 Å². The third kappa shape index (κ3) is 5.71. The van der Waals surface area contributed by atoms with Crippen molar-refractivity contribution in [1.29, 1.82) is 0 Å². The van der Waals surface area contributed by atoms with E-state index in [0.29, 0.717) is 24.2 Å². The molecule has 6 nitrogen and oxygen atoms in total. The maximum Gasteiger partial charge on any atom is 0.253 e. The van der Waals surface area contributed by atoms with Gasteiger partial charge in [0.15, 0.2) is 0 Å². The molecule has 6 heteroatoms. The van der Waals surface area contributed by atoms with E-state index in [9.17, 15) is 9.59 Å². The van der Waals surface area contributed by atoms with Crippen LogP contribution < -0.4 is 15.5 Å². The minimum absolute atomic E-state index is 0.0351. The highest BCUT2D eigenvalue weighted by molar-refractivity contribution is 6.02. The first-order valence-corrected chi connectivity index (χ1v) is 10.4. The average Bonchev–Trinajstić information content (AvgIpc) is 3.31. The van der Waals surface area contributed by atoms with Crippen molar-refractivity contribution < 1.29 is 14.3 Å². The lowest BCUT2D eigenvalue weighted by molar-refractivity contribution is -0.117. The average molecular weight is 388 g/mol. The van der Waals surface area contributed by atoms with Gasteiger partial charge in [0.05, 0.1) is 11.7 Å². The fourth-order valence-electron chi connectivity index (χ4n) is 3.82. The topological polar surface area (TPSA) is 70.7 Å². The Bertz CT molecular complexity index is 699. The number of hydrogen-bond donors (Lipinski definition) is 2. The number of benzene rings is 1. The van der Waals surface area contributed by atoms with E-state index in [1.807, 2.05) is 32.9 Å². The molecule has 0 saturated carbocycles. The molecule has 1 atom stereocenters. The second kappa shape index (κ2) is 8.95. The Morgan fingerprint density at radius 3 is 2.57 bits per heavy atom. The first-order valence-electron chi connectivity index (χ1n) is 10.4. The summed E-state index contributed by atoms with van der Waals surface area (Å²) < 4.78 is 5.61. The van der Waals surface area contributed by atoms with Crippen molar-refractivity contribution in [3.05, 3.63) is 23.8 Å². The zero-order valence-corrected chi connectivity index (χ0v) is 17.3. The maximum atomic E-state index is 12.9. The van der Waals surface area contributed by atoms with Gasteiger partial charge in [-0.2, -0.15) is 0 Å². The van der Waals surface area contributed by atoms with E-state index in [4.69, 9.17) is 4.74 Å². The summed E-state index contributed by atoms with van der Waals surface area (Å²) in [4.78, 5) is 27.5. The molecule has 1 aromatic carbocycles. The summed E-state index contributed by atoms with van der Waals surface area (Å²) in [6, 6.07) is 5.66. The normalized spacial score (nSPS) is 19.7. The van der Waals surface area contributed by atoms with Crippen molar-refractivity contribution in [3.8, 4) is 0 Å². The molecule has 154 valence electrons. The SMILES string of the molecule is CC(C)(C)CC(=O)Nc1ccc(N2CCCC2)c(C(=O)NCC2CCCO2)c1. The molecule has 3 rings (SSSR count). The highest BCUT2D eigenvalue weighted by Gasteiger charge is 2.23. The Balaban J connectivity index is 1.75. The van der Waals surface area contributed by atoms with Crippen molar-refractivity contribution in [2.45, 2.75) is 59.0 Å². The molecule has 0 aromatic heterocycles. The van der Waals surface area contributed by atoms with Crippen molar-refractivity contribution >= 4 is 23.2 Å². The highest BCUT2D eigenvalue weighted by Crippen LogP contribution is 2.28. The van der Waals surface area contributed by atoms with Crippen LogP contribution in [0.3, 0.4) is 0 Å². The molecular formula is C22H33N3O3. The Hall–Kier alpha value is -2.08. The standard InChI is InChI=1S/C22H33N3O3/c1-22(2,3)14-20(26)24-16-8-9-19(25-10-4-5-11-25)18(13-16)21(27)23-15-17-7-6-12-28-17/h8-9,13,17H,4-7,10-12,14-15H2,1-3H3,(H,23,27)(H,24,26). The molecule has 2 N–H and O–H groups in total. The van der Waals surface area contributed by atoms with Crippen LogP contribution in [0.25, 0.3) is 0 Å². The lowest BCUT2D eigenvalue weighted by Crippen LogP contribution is -2.33. The lowest BCUT2D eigenvalue weighted by Gasteiger charge is -2.23. The largest absolute Gasteiger partial charge is 0.376 e. The van der Waals surface area contributed by atoms with Gasteiger partial charge in [-0.05, 0) is 49.3 Å². The Morgan fingerprint density at radius 2 is 1.93 bits per heavy atom. The molecule has 2 heterocycles. The maximum absolute atomic E-state index is 12.9. The first kappa shape index (κ1) is 20.6. The molecule has 28 heavy (non-hydrogen) atoms. The van der Waals surface area contributed by atoms with E-state index in [-0.39, 0.29) is 23.3 Å². The molecule has 0 bridgehead atoms. The second-order valence-corrected chi connectivity index (χ2v) is 9.06. The van der Waals surface area contributed by atoms with Gasteiger partial charge < -0.3 is 20.3 Å². The monoisotopic (exact) mass is 387 g/mol. The van der Waals surface area contributed by atoms with Crippen LogP contribution >= 0.6 is 0 Å². The van der Waals surface area contributed by atoms with Crippen LogP contribution in [0.5, 0.6) is 0 Å². The van der Waals surface area contributed by atoms with Crippen LogP contribution in [0, 0.1) is 5.41 Å². The quantitative estimate of drug-likeness (QED) is 0.783. The molecule has 0 aliphatic carbocycles. The molecule has 2 aliphatic rings. The predicted molar refractivity (Wildman–Crippen MR) is 112 cm³/mol. The van der Waals surface area contributed by atoms with Gasteiger partial charge >= 0.3 is 0 Å². The van der Waals surface area contributed by atoms with Crippen LogP contribution in [0.1, 0.15) is 63.2 Å². The summed E-state index contributed by atoms with van der Waals surface area (Å²) in [5.41, 5.74) is 2.14. The number of carbonyl (C=O) groups excluding carboxylic acids is 2. The fraction of sp³-hybridized carbons (Fsp3) is 0.636. The molecule has 1 aromatic rings. The van der Waals surface area contributed by atoms with Gasteiger partial charge in [0.25, 0.3) is 5.91 Å². The van der Waals surface area contributed by atoms with Gasteiger partial charge in [-0.3, -0.25) is 9.59 Å². The predicted octanol–water partition coefficient (Wildman–Crippen LogP) is 3.57. The molecule has 1 unspecified atom stereocenters. The zero-order chi connectivity index (χ0) is 20.1. The molecule has 2 amide bonds. The van der Waals surface area contributed by atoms with Crippen LogP contribution in [-0.2, 0) is 9.53 Å². The second-order valence-electron chi connectivity index (χ2n) is 9.06. The van der Waals surface area contributed by atoms with E-state index < -0.39 is 0 Å². The Labute approximate surface area is 168 Å². The Kier molecular flexibility index (Phi) is 6.60. The van der Waals surface area contributed by atoms with Gasteiger partial charge in [0.2, 0.25) is 5.91 Å². The van der Waals surface area contributed by atoms with E-state index in [1.54, 1.807) is 6.07 Å². The van der Waals surface area contributed by atoms with Crippen LogP contribution in [0.15, 0.2) is 18.2 Å². The minimum Gasteiger partial charge on any atom is -0.376 e. The number of ether oxygens (including phenoxy) is 1. The van der Waals surface area contributed by atoms with Gasteiger partial charge in [-0.25, -0.2) is 0 Å². The minimum atomic E-state index is -0.107. The highest BCUT2D eigenvalue weighted by atomic mass is 16.5. The van der Waals surface area contributed by atoms with Crippen molar-refractivity contribution in [1.82, 2.24) is 5.32 Å². The van der Waals surface area contributed by atoms with E-state index in [0.717, 1.165) is 51.1 Å². The summed E-state index contributed by atoms with van der Waals surface area (Å²) in [5.74, 6) is -0.142. The number of nitrogens with zero attached hydrogens (tertiary/aromatic N) is 1. The van der Waals surface area contributed by atoms with Crippen molar-refractivity contribution in [2.75, 3.05) is 36.5 Å². The summed E-state index contributed by atoms with van der Waals surface area (Å²) in [6.45, 7) is 9.32. The van der Waals surface area contributed by atoms with Crippen LogP contribution in [0.2, 0.25) is 0 Å². The number of hydrogen-bond acceptors (Lipinski definition) is 4. The molecule has 2 fully saturated rings. The van der Waals surface area contributed by atoms with E-state index >= 15 is 0 Å². The van der Waals surface area contributed by atoms with E-state index in [2.05, 4.69) is 15.5 Å². The summed E-state index contributed by atoms with van der Waals surface area (Å²) in [6.07, 6.45) is 4.86. The third-order valence-corrected chi connectivity index (χ3v) is 5.18. The summed E-state index contributed by atoms with van der Waals surface area (Å²) in [7, 11) is 0. The molecule has 0 spiro atoms. The number of rotatable bonds is 6. The van der Waals surface area contributed by atoms with Crippen molar-refractivity contribution in [2.24, 2.45) is 5.41 Å². The van der Waals surface area contributed by atoms with E-state index in [1.165, 1.54) is 0 Å². The van der Waals surface area contributed by atoms with Gasteiger partial charge in [0.1, 0.15) is 0 Å². The third-order valence-electron chi connectivity index (χ3n) is 5.18. The summed E-state index contributed by atoms with van der Waals surface area (Å²) in [5, 5.41) is 5.97. The number of nitrogens with one attached hydrogen (secondary N) is 2. The van der Waals surface area contributed by atoms with Gasteiger partial charge in [0, 0.05) is 44.0 Å². The first-order chi connectivity index (χ1) is 13.3. The molecule has 2 aliphatic heterocycles. The zero-order valence-electron chi connectivity index (χ0n) is 17.3. The van der Waals surface area contributed by atoms with Gasteiger partial charge in [-0.1, -0.05) is 20.8 Å².